The maximum absolute atomic E-state index is 13.3. The fourth-order valence-electron chi connectivity index (χ4n) is 8.05. The normalized spacial score (nSPS) is 16.7. The molecule has 1 atom stereocenters. The first-order valence-electron chi connectivity index (χ1n) is 20.5. The van der Waals surface area contributed by atoms with Crippen LogP contribution in [0.3, 0.4) is 0 Å². The number of piperidine rings is 1. The Hall–Kier alpha value is -6.49. The molecule has 0 saturated carbocycles. The average Bonchev–Trinajstić information content (AvgIpc) is 3.60. The van der Waals surface area contributed by atoms with Crippen molar-refractivity contribution in [2.75, 3.05) is 70.2 Å². The smallest absolute Gasteiger partial charge is 0.255 e. The van der Waals surface area contributed by atoms with Crippen molar-refractivity contribution in [2.45, 2.75) is 30.3 Å². The fourth-order valence-corrected chi connectivity index (χ4v) is 8.68. The van der Waals surface area contributed by atoms with Gasteiger partial charge in [-0.3, -0.25) is 24.5 Å². The molecule has 8 rings (SSSR count). The Morgan fingerprint density at radius 1 is 0.855 bits per heavy atom. The fraction of sp³-hybridized carbons (Fsp3) is 0.304. The van der Waals surface area contributed by atoms with E-state index in [2.05, 4.69) is 15.5 Å². The molecule has 0 aliphatic carbocycles. The van der Waals surface area contributed by atoms with Crippen LogP contribution in [0.15, 0.2) is 102 Å². The first kappa shape index (κ1) is 42.2. The highest BCUT2D eigenvalue weighted by molar-refractivity contribution is 7.90. The Morgan fingerprint density at radius 3 is 2.34 bits per heavy atom. The second-order valence-corrected chi connectivity index (χ2v) is 17.5. The van der Waals surface area contributed by atoms with Crippen LogP contribution in [0.2, 0.25) is 0 Å². The molecule has 5 aromatic rings. The van der Waals surface area contributed by atoms with E-state index in [9.17, 15) is 32.7 Å². The first-order valence-corrected chi connectivity index (χ1v) is 22.4. The van der Waals surface area contributed by atoms with Gasteiger partial charge in [-0.15, -0.1) is 0 Å². The number of nitrogens with zero attached hydrogens (tertiary/aromatic N) is 3. The van der Waals surface area contributed by atoms with Crippen LogP contribution < -0.4 is 25.0 Å². The second-order valence-electron chi connectivity index (χ2n) is 15.4. The van der Waals surface area contributed by atoms with Gasteiger partial charge in [0, 0.05) is 86.3 Å². The number of ether oxygens (including phenoxy) is 3. The van der Waals surface area contributed by atoms with E-state index < -0.39 is 21.8 Å². The molecule has 4 amide bonds. The molecule has 3 aliphatic heterocycles. The van der Waals surface area contributed by atoms with E-state index in [1.165, 1.54) is 6.26 Å². The third-order valence-electron chi connectivity index (χ3n) is 11.3. The van der Waals surface area contributed by atoms with Crippen molar-refractivity contribution in [1.29, 1.82) is 0 Å². The van der Waals surface area contributed by atoms with Crippen molar-refractivity contribution >= 4 is 49.9 Å². The minimum Gasteiger partial charge on any atom is -0.508 e. The van der Waals surface area contributed by atoms with E-state index in [0.29, 0.717) is 88.3 Å². The SMILES string of the molecule is CS(=O)(=O)c1ccc(-c2ccc3cc(O)ccc3c2Oc2ccc(OCCNCCOCC(=O)N3CCN(c4cccc5c4CN(C4CCC(=O)NC4=O)C5=O)CC3)cc2)cc1. The summed E-state index contributed by atoms with van der Waals surface area (Å²) in [6.45, 7) is 4.32. The van der Waals surface area contributed by atoms with Crippen LogP contribution >= 0.6 is 0 Å². The number of phenols is 1. The lowest BCUT2D eigenvalue weighted by Crippen LogP contribution is -2.52. The summed E-state index contributed by atoms with van der Waals surface area (Å²) in [4.78, 5) is 56.1. The third kappa shape index (κ3) is 9.37. The topological polar surface area (TPSA) is 184 Å². The van der Waals surface area contributed by atoms with Gasteiger partial charge in [0.15, 0.2) is 9.84 Å². The largest absolute Gasteiger partial charge is 0.508 e. The summed E-state index contributed by atoms with van der Waals surface area (Å²) in [5.41, 5.74) is 3.88. The highest BCUT2D eigenvalue weighted by atomic mass is 32.2. The Balaban J connectivity index is 0.752. The maximum atomic E-state index is 13.3. The van der Waals surface area contributed by atoms with Crippen molar-refractivity contribution in [2.24, 2.45) is 0 Å². The van der Waals surface area contributed by atoms with E-state index in [4.69, 9.17) is 14.2 Å². The molecule has 0 aromatic heterocycles. The highest BCUT2D eigenvalue weighted by Gasteiger charge is 2.40. The van der Waals surface area contributed by atoms with Gasteiger partial charge < -0.3 is 39.3 Å². The number of piperazine rings is 1. The van der Waals surface area contributed by atoms with Crippen LogP contribution in [0.4, 0.5) is 5.69 Å². The van der Waals surface area contributed by atoms with Crippen molar-refractivity contribution in [3.63, 3.8) is 0 Å². The zero-order valence-corrected chi connectivity index (χ0v) is 35.0. The number of imide groups is 1. The minimum atomic E-state index is -3.35. The number of phenolic OH excluding ortho intramolecular Hbond substituents is 1. The standard InChI is InChI=1S/C46H47N5O10S/c1-62(57,58)35-13-5-30(6-14-35)36-15-7-31-27-32(52)8-16-37(31)44(36)61-34-11-9-33(10-12-34)60-26-20-47-19-25-59-29-43(54)50-23-21-49(22-24-50)40-4-2-3-38-39(40)28-51(46(38)56)41-17-18-42(53)48-45(41)55/h2-16,27,41,47,52H,17-26,28-29H2,1H3,(H,48,53,55). The van der Waals surface area contributed by atoms with E-state index in [1.54, 1.807) is 70.5 Å². The molecule has 2 fully saturated rings. The number of aromatic hydroxyl groups is 1. The number of carbonyl (C=O) groups excluding carboxylic acids is 4. The molecule has 2 saturated heterocycles. The van der Waals surface area contributed by atoms with E-state index >= 15 is 0 Å². The minimum absolute atomic E-state index is 0.0268. The summed E-state index contributed by atoms with van der Waals surface area (Å²) >= 11 is 0. The van der Waals surface area contributed by atoms with Crippen LogP contribution in [0.1, 0.15) is 28.8 Å². The quantitative estimate of drug-likeness (QED) is 0.0992. The van der Waals surface area contributed by atoms with E-state index in [0.717, 1.165) is 33.2 Å². The second kappa shape index (κ2) is 18.2. The maximum Gasteiger partial charge on any atom is 0.255 e. The molecule has 5 aromatic carbocycles. The zero-order valence-electron chi connectivity index (χ0n) is 34.2. The third-order valence-corrected chi connectivity index (χ3v) is 12.4. The Bertz CT molecular complexity index is 2610. The Labute approximate surface area is 359 Å². The Kier molecular flexibility index (Phi) is 12.4. The molecule has 0 spiro atoms. The number of hydrogen-bond donors (Lipinski definition) is 3. The number of nitrogens with one attached hydrogen (secondary N) is 2. The summed E-state index contributed by atoms with van der Waals surface area (Å²) in [5.74, 6) is 0.862. The molecule has 0 radical (unpaired) electrons. The van der Waals surface area contributed by atoms with Gasteiger partial charge in [-0.25, -0.2) is 8.42 Å². The number of carbonyl (C=O) groups is 4. The highest BCUT2D eigenvalue weighted by Crippen LogP contribution is 2.41. The van der Waals surface area contributed by atoms with Crippen molar-refractivity contribution in [3.8, 4) is 34.1 Å². The summed E-state index contributed by atoms with van der Waals surface area (Å²) < 4.78 is 42.1. The van der Waals surface area contributed by atoms with Gasteiger partial charge in [-0.1, -0.05) is 24.3 Å². The molecule has 322 valence electrons. The van der Waals surface area contributed by atoms with Gasteiger partial charge in [0.2, 0.25) is 17.7 Å². The van der Waals surface area contributed by atoms with Crippen LogP contribution in [-0.4, -0.2) is 118 Å². The number of rotatable bonds is 15. The predicted molar refractivity (Wildman–Crippen MR) is 231 cm³/mol. The summed E-state index contributed by atoms with van der Waals surface area (Å²) in [5, 5.41) is 17.3. The van der Waals surface area contributed by atoms with Gasteiger partial charge in [-0.2, -0.15) is 0 Å². The summed E-state index contributed by atoms with van der Waals surface area (Å²) in [6, 6.07) is 27.6. The monoisotopic (exact) mass is 861 g/mol. The van der Waals surface area contributed by atoms with Gasteiger partial charge >= 0.3 is 0 Å². The molecule has 3 N–H and O–H groups in total. The molecule has 3 aliphatic rings. The lowest BCUT2D eigenvalue weighted by atomic mass is 9.99. The number of benzene rings is 5. The number of anilines is 1. The lowest BCUT2D eigenvalue weighted by Gasteiger charge is -2.37. The molecular formula is C46H47N5O10S. The predicted octanol–water partition coefficient (Wildman–Crippen LogP) is 4.50. The van der Waals surface area contributed by atoms with Crippen molar-refractivity contribution in [3.05, 3.63) is 108 Å². The molecule has 15 nitrogen and oxygen atoms in total. The number of sulfone groups is 1. The lowest BCUT2D eigenvalue weighted by molar-refractivity contribution is -0.137. The zero-order chi connectivity index (χ0) is 43.4. The molecule has 62 heavy (non-hydrogen) atoms. The molecule has 1 unspecified atom stereocenters. The van der Waals surface area contributed by atoms with Crippen LogP contribution in [0.25, 0.3) is 21.9 Å². The van der Waals surface area contributed by atoms with Crippen LogP contribution in [0, 0.1) is 0 Å². The van der Waals surface area contributed by atoms with Crippen LogP contribution in [-0.2, 0) is 35.5 Å². The summed E-state index contributed by atoms with van der Waals surface area (Å²) in [6.07, 6.45) is 1.68. The van der Waals surface area contributed by atoms with Gasteiger partial charge in [0.25, 0.3) is 5.91 Å². The number of fused-ring (bicyclic) bond motifs is 2. The first-order chi connectivity index (χ1) is 29.9. The van der Waals surface area contributed by atoms with E-state index in [1.807, 2.05) is 36.4 Å². The molecule has 3 heterocycles. The molecule has 0 bridgehead atoms. The van der Waals surface area contributed by atoms with E-state index in [-0.39, 0.29) is 41.4 Å². The van der Waals surface area contributed by atoms with Crippen molar-refractivity contribution in [1.82, 2.24) is 20.4 Å². The van der Waals surface area contributed by atoms with Gasteiger partial charge in [0.05, 0.1) is 11.5 Å². The number of hydrogen-bond acceptors (Lipinski definition) is 12. The molecular weight excluding hydrogens is 815 g/mol. The average molecular weight is 862 g/mol. The number of amides is 4. The van der Waals surface area contributed by atoms with Gasteiger partial charge in [0.1, 0.15) is 42.3 Å². The van der Waals surface area contributed by atoms with Gasteiger partial charge in [-0.05, 0) is 90.2 Å². The van der Waals surface area contributed by atoms with Crippen LogP contribution in [0.5, 0.6) is 23.0 Å². The Morgan fingerprint density at radius 2 is 1.60 bits per heavy atom. The summed E-state index contributed by atoms with van der Waals surface area (Å²) in [7, 11) is -3.35. The van der Waals surface area contributed by atoms with Crippen molar-refractivity contribution < 1.29 is 46.9 Å². The molecule has 16 heteroatoms.